The SMILES string of the molecule is N.O=S(=O)([O-])[O-].[Cr+2]. The Balaban J connectivity index is -0.0000000800. The molecule has 44 valence electrons. The first kappa shape index (κ1) is 15.7. The van der Waals surface area contributed by atoms with Crippen molar-refractivity contribution in [3.8, 4) is 0 Å². The molecule has 7 heavy (non-hydrogen) atoms. The van der Waals surface area contributed by atoms with E-state index in [4.69, 9.17) is 17.5 Å². The van der Waals surface area contributed by atoms with Gasteiger partial charge in [0, 0.05) is 10.4 Å². The van der Waals surface area contributed by atoms with Gasteiger partial charge in [-0.15, -0.1) is 0 Å². The molecule has 0 spiro atoms. The molecule has 0 aromatic heterocycles. The van der Waals surface area contributed by atoms with Crippen LogP contribution in [0.1, 0.15) is 0 Å². The Morgan fingerprint density at radius 2 is 1.14 bits per heavy atom. The summed E-state index contributed by atoms with van der Waals surface area (Å²) in [6.07, 6.45) is 0. The van der Waals surface area contributed by atoms with Crippen molar-refractivity contribution in [1.82, 2.24) is 6.15 Å². The van der Waals surface area contributed by atoms with Crippen LogP contribution < -0.4 is 6.15 Å². The molecule has 0 bridgehead atoms. The second-order valence-electron chi connectivity index (χ2n) is 0.408. The summed E-state index contributed by atoms with van der Waals surface area (Å²) in [5, 5.41) is 0. The van der Waals surface area contributed by atoms with Crippen molar-refractivity contribution in [2.45, 2.75) is 0 Å². The summed E-state index contributed by atoms with van der Waals surface area (Å²) in [5.41, 5.74) is 0. The van der Waals surface area contributed by atoms with E-state index in [9.17, 15) is 0 Å². The van der Waals surface area contributed by atoms with Crippen LogP contribution in [0.2, 0.25) is 0 Å². The van der Waals surface area contributed by atoms with E-state index in [1.54, 1.807) is 0 Å². The number of rotatable bonds is 0. The zero-order chi connectivity index (χ0) is 4.50. The van der Waals surface area contributed by atoms with E-state index in [1.165, 1.54) is 0 Å². The maximum atomic E-state index is 8.52. The van der Waals surface area contributed by atoms with E-state index < -0.39 is 10.4 Å². The summed E-state index contributed by atoms with van der Waals surface area (Å²) >= 11 is 0. The fourth-order valence-electron chi connectivity index (χ4n) is 0. The van der Waals surface area contributed by atoms with Crippen molar-refractivity contribution in [2.24, 2.45) is 0 Å². The molecular weight excluding hydrogens is 162 g/mol. The van der Waals surface area contributed by atoms with Crippen molar-refractivity contribution < 1.29 is 34.9 Å². The predicted molar refractivity (Wildman–Crippen MR) is 15.5 cm³/mol. The summed E-state index contributed by atoms with van der Waals surface area (Å²) in [5.74, 6) is 0. The topological polar surface area (TPSA) is 115 Å². The third-order valence-corrected chi connectivity index (χ3v) is 0. The quantitative estimate of drug-likeness (QED) is 0.358. The van der Waals surface area contributed by atoms with Gasteiger partial charge in [-0.05, 0) is 0 Å². The van der Waals surface area contributed by atoms with Gasteiger partial charge in [-0.1, -0.05) is 0 Å². The first-order valence-electron chi connectivity index (χ1n) is 0.667. The summed E-state index contributed by atoms with van der Waals surface area (Å²) in [6.45, 7) is 0. The van der Waals surface area contributed by atoms with Gasteiger partial charge in [0.15, 0.2) is 0 Å². The third kappa shape index (κ3) is 922. The van der Waals surface area contributed by atoms with Gasteiger partial charge in [-0.25, -0.2) is 0 Å². The molecule has 0 aliphatic carbocycles. The predicted octanol–water partition coefficient (Wildman–Crippen LogP) is -1.18. The zero-order valence-electron chi connectivity index (χ0n) is 3.16. The van der Waals surface area contributed by atoms with Crippen LogP contribution in [0.3, 0.4) is 0 Å². The maximum Gasteiger partial charge on any atom is 2.00 e. The second-order valence-corrected chi connectivity index (χ2v) is 1.22. The molecule has 0 amide bonds. The first-order chi connectivity index (χ1) is 2.00. The minimum absolute atomic E-state index is 0. The molecule has 0 saturated carbocycles. The van der Waals surface area contributed by atoms with E-state index >= 15 is 0 Å². The molecule has 0 aromatic rings. The molecule has 7 heteroatoms. The van der Waals surface area contributed by atoms with Crippen molar-refractivity contribution >= 4 is 10.4 Å². The minimum atomic E-state index is -5.17. The van der Waals surface area contributed by atoms with Gasteiger partial charge in [-0.3, -0.25) is 8.42 Å². The van der Waals surface area contributed by atoms with Crippen molar-refractivity contribution in [2.75, 3.05) is 0 Å². The summed E-state index contributed by atoms with van der Waals surface area (Å²) < 4.78 is 34.1. The molecule has 0 radical (unpaired) electrons. The normalized spacial score (nSPS) is 8.29. The van der Waals surface area contributed by atoms with Crippen molar-refractivity contribution in [3.63, 3.8) is 0 Å². The molecule has 0 aliphatic rings. The van der Waals surface area contributed by atoms with Gasteiger partial charge in [0.1, 0.15) is 0 Å². The van der Waals surface area contributed by atoms with Crippen LogP contribution in [0, 0.1) is 0 Å². The number of hydrogen-bond donors (Lipinski definition) is 1. The van der Waals surface area contributed by atoms with Crippen LogP contribution in [-0.4, -0.2) is 17.5 Å². The largest absolute Gasteiger partial charge is 2.00 e. The molecule has 0 heterocycles. The molecule has 0 unspecified atom stereocenters. The Morgan fingerprint density at radius 3 is 1.14 bits per heavy atom. The van der Waals surface area contributed by atoms with Gasteiger partial charge in [0.05, 0.1) is 0 Å². The molecule has 5 nitrogen and oxygen atoms in total. The molecular formula is H3CrNO4S. The number of hydrogen-bond acceptors (Lipinski definition) is 5. The van der Waals surface area contributed by atoms with E-state index in [0.717, 1.165) is 0 Å². The van der Waals surface area contributed by atoms with E-state index in [2.05, 4.69) is 0 Å². The Kier molecular flexibility index (Phi) is 10.1. The molecule has 0 rings (SSSR count). The van der Waals surface area contributed by atoms with Crippen LogP contribution in [0.15, 0.2) is 0 Å². The van der Waals surface area contributed by atoms with Gasteiger partial charge in [-0.2, -0.15) is 0 Å². The van der Waals surface area contributed by atoms with Crippen LogP contribution >= 0.6 is 0 Å². The average molecular weight is 165 g/mol. The van der Waals surface area contributed by atoms with E-state index in [1.807, 2.05) is 0 Å². The fraction of sp³-hybridized carbons (Fsp3) is 0. The summed E-state index contributed by atoms with van der Waals surface area (Å²) in [6, 6.07) is 0. The standard InChI is InChI=1S/Cr.H3N.H2O4S/c;;1-5(2,3)4/h;1H3;(H2,1,2,3,4)/q+2;;/p-2. The zero-order valence-corrected chi connectivity index (χ0v) is 5.25. The van der Waals surface area contributed by atoms with Gasteiger partial charge < -0.3 is 15.3 Å². The second kappa shape index (κ2) is 4.52. The van der Waals surface area contributed by atoms with Crippen LogP contribution in [0.25, 0.3) is 0 Å². The molecule has 0 fully saturated rings. The summed E-state index contributed by atoms with van der Waals surface area (Å²) in [7, 11) is -5.17. The van der Waals surface area contributed by atoms with Crippen LogP contribution in [0.4, 0.5) is 0 Å². The Labute approximate surface area is 52.0 Å². The Bertz CT molecular complexity index is 94.9. The van der Waals surface area contributed by atoms with Gasteiger partial charge >= 0.3 is 17.4 Å². The molecule has 0 aliphatic heterocycles. The average Bonchev–Trinajstić information content (AvgIpc) is 0.722. The molecule has 0 saturated heterocycles. The van der Waals surface area contributed by atoms with E-state index in [0.29, 0.717) is 0 Å². The van der Waals surface area contributed by atoms with E-state index in [-0.39, 0.29) is 23.5 Å². The molecule has 0 aromatic carbocycles. The molecule has 3 N–H and O–H groups in total. The monoisotopic (exact) mass is 165 g/mol. The van der Waals surface area contributed by atoms with Crippen LogP contribution in [-0.2, 0) is 27.8 Å². The maximum absolute atomic E-state index is 8.52. The smallest absolute Gasteiger partial charge is 0.759 e. The minimum Gasteiger partial charge on any atom is -0.759 e. The fourth-order valence-corrected chi connectivity index (χ4v) is 0. The van der Waals surface area contributed by atoms with Gasteiger partial charge in [0.25, 0.3) is 0 Å². The first-order valence-corrected chi connectivity index (χ1v) is 2.00. The van der Waals surface area contributed by atoms with Crippen molar-refractivity contribution in [1.29, 1.82) is 0 Å². The Hall–Kier alpha value is 0.362. The molecule has 0 atom stereocenters. The third-order valence-electron chi connectivity index (χ3n) is 0. The Morgan fingerprint density at radius 1 is 1.14 bits per heavy atom. The van der Waals surface area contributed by atoms with Crippen LogP contribution in [0.5, 0.6) is 0 Å². The van der Waals surface area contributed by atoms with Crippen molar-refractivity contribution in [3.05, 3.63) is 0 Å². The summed E-state index contributed by atoms with van der Waals surface area (Å²) in [4.78, 5) is 0. The van der Waals surface area contributed by atoms with Gasteiger partial charge in [0.2, 0.25) is 0 Å².